The number of rotatable bonds is 2. The summed E-state index contributed by atoms with van der Waals surface area (Å²) in [7, 11) is -3.79. The van der Waals surface area contributed by atoms with E-state index < -0.39 is 21.7 Å². The molecule has 0 bridgehead atoms. The Balaban J connectivity index is 0.00000180. The van der Waals surface area contributed by atoms with E-state index in [0.29, 0.717) is 19.0 Å². The molecule has 1 heterocycles. The Labute approximate surface area is 117 Å². The quantitative estimate of drug-likeness (QED) is 0.900. The maximum Gasteiger partial charge on any atom is 0.243 e. The second-order valence-corrected chi connectivity index (χ2v) is 6.28. The van der Waals surface area contributed by atoms with Crippen LogP contribution in [0.2, 0.25) is 0 Å². The first kappa shape index (κ1) is 16.3. The molecular weight excluding hydrogens is 298 g/mol. The Morgan fingerprint density at radius 2 is 1.95 bits per heavy atom. The van der Waals surface area contributed by atoms with E-state index in [9.17, 15) is 17.2 Å². The molecule has 1 aliphatic heterocycles. The zero-order valence-corrected chi connectivity index (χ0v) is 11.7. The Morgan fingerprint density at radius 3 is 2.53 bits per heavy atom. The Bertz CT molecular complexity index is 554. The van der Waals surface area contributed by atoms with Crippen LogP contribution in [0.15, 0.2) is 23.1 Å². The van der Waals surface area contributed by atoms with Gasteiger partial charge in [-0.15, -0.1) is 12.4 Å². The van der Waals surface area contributed by atoms with Gasteiger partial charge in [0.25, 0.3) is 0 Å². The molecule has 1 saturated heterocycles. The number of benzene rings is 1. The zero-order valence-electron chi connectivity index (χ0n) is 10.1. The fourth-order valence-corrected chi connectivity index (χ4v) is 3.53. The summed E-state index contributed by atoms with van der Waals surface area (Å²) in [5.41, 5.74) is 5.71. The molecule has 2 rings (SSSR count). The predicted octanol–water partition coefficient (Wildman–Crippen LogP) is 1.50. The van der Waals surface area contributed by atoms with Crippen molar-refractivity contribution in [2.24, 2.45) is 5.73 Å². The molecule has 1 aromatic carbocycles. The Hall–Kier alpha value is -0.760. The first-order valence-electron chi connectivity index (χ1n) is 5.62. The molecule has 1 aromatic rings. The van der Waals surface area contributed by atoms with Crippen molar-refractivity contribution in [3.63, 3.8) is 0 Å². The highest BCUT2D eigenvalue weighted by Crippen LogP contribution is 2.21. The highest BCUT2D eigenvalue weighted by atomic mass is 35.5. The van der Waals surface area contributed by atoms with Gasteiger partial charge in [-0.1, -0.05) is 0 Å². The van der Waals surface area contributed by atoms with Crippen LogP contribution in [-0.2, 0) is 10.0 Å². The maximum absolute atomic E-state index is 13.1. The molecule has 1 atom stereocenters. The van der Waals surface area contributed by atoms with Gasteiger partial charge in [0.15, 0.2) is 11.6 Å². The van der Waals surface area contributed by atoms with Crippen molar-refractivity contribution < 1.29 is 17.2 Å². The van der Waals surface area contributed by atoms with Gasteiger partial charge >= 0.3 is 0 Å². The van der Waals surface area contributed by atoms with E-state index in [1.54, 1.807) is 0 Å². The third-order valence-electron chi connectivity index (χ3n) is 2.95. The third kappa shape index (κ3) is 3.42. The SMILES string of the molecule is Cl.N[C@@H]1CCCN(S(=O)(=O)c2ccc(F)c(F)c2)C1. The van der Waals surface area contributed by atoms with Crippen molar-refractivity contribution >= 4 is 22.4 Å². The molecule has 0 radical (unpaired) electrons. The van der Waals surface area contributed by atoms with Crippen LogP contribution in [0, 0.1) is 11.6 Å². The van der Waals surface area contributed by atoms with E-state index in [2.05, 4.69) is 0 Å². The van der Waals surface area contributed by atoms with Gasteiger partial charge in [0, 0.05) is 19.1 Å². The fourth-order valence-electron chi connectivity index (χ4n) is 1.98. The standard InChI is InChI=1S/C11H14F2N2O2S.ClH/c12-10-4-3-9(6-11(10)13)18(16,17)15-5-1-2-8(14)7-15;/h3-4,6,8H,1-2,5,7,14H2;1H/t8-;/m1./s1. The Morgan fingerprint density at radius 1 is 1.26 bits per heavy atom. The van der Waals surface area contributed by atoms with Gasteiger partial charge < -0.3 is 5.73 Å². The number of sulfonamides is 1. The van der Waals surface area contributed by atoms with E-state index in [4.69, 9.17) is 5.73 Å². The van der Waals surface area contributed by atoms with E-state index >= 15 is 0 Å². The molecule has 0 aromatic heterocycles. The minimum absolute atomic E-state index is 0. The highest BCUT2D eigenvalue weighted by Gasteiger charge is 2.29. The Kier molecular flexibility index (Phi) is 5.26. The van der Waals surface area contributed by atoms with Crippen molar-refractivity contribution in [2.45, 2.75) is 23.8 Å². The lowest BCUT2D eigenvalue weighted by Crippen LogP contribution is -2.45. The lowest BCUT2D eigenvalue weighted by atomic mass is 10.1. The summed E-state index contributed by atoms with van der Waals surface area (Å²) in [6.07, 6.45) is 1.44. The smallest absolute Gasteiger partial charge is 0.243 e. The normalized spacial score (nSPS) is 20.9. The molecule has 0 spiro atoms. The van der Waals surface area contributed by atoms with Gasteiger partial charge in [-0.25, -0.2) is 17.2 Å². The number of halogens is 3. The molecule has 0 unspecified atom stereocenters. The summed E-state index contributed by atoms with van der Waals surface area (Å²) in [5.74, 6) is -2.23. The zero-order chi connectivity index (χ0) is 13.3. The first-order valence-corrected chi connectivity index (χ1v) is 7.06. The minimum Gasteiger partial charge on any atom is -0.327 e. The summed E-state index contributed by atoms with van der Waals surface area (Å²) in [5, 5.41) is 0. The second kappa shape index (κ2) is 6.13. The van der Waals surface area contributed by atoms with Gasteiger partial charge in [0.2, 0.25) is 10.0 Å². The monoisotopic (exact) mass is 312 g/mol. The second-order valence-electron chi connectivity index (χ2n) is 4.34. The summed E-state index contributed by atoms with van der Waals surface area (Å²) in [4.78, 5) is -0.240. The molecule has 1 fully saturated rings. The van der Waals surface area contributed by atoms with E-state index in [1.807, 2.05) is 0 Å². The minimum atomic E-state index is -3.79. The van der Waals surface area contributed by atoms with Gasteiger partial charge in [-0.05, 0) is 31.0 Å². The third-order valence-corrected chi connectivity index (χ3v) is 4.81. The first-order chi connectivity index (χ1) is 8.41. The molecule has 8 heteroatoms. The van der Waals surface area contributed by atoms with Gasteiger partial charge in [-0.2, -0.15) is 4.31 Å². The molecule has 0 amide bonds. The van der Waals surface area contributed by atoms with Crippen LogP contribution < -0.4 is 5.73 Å². The van der Waals surface area contributed by atoms with Crippen molar-refractivity contribution in [2.75, 3.05) is 13.1 Å². The number of nitrogens with zero attached hydrogens (tertiary/aromatic N) is 1. The summed E-state index contributed by atoms with van der Waals surface area (Å²) in [6.45, 7) is 0.566. The van der Waals surface area contributed by atoms with Crippen LogP contribution in [0.1, 0.15) is 12.8 Å². The summed E-state index contributed by atoms with van der Waals surface area (Å²) < 4.78 is 51.4. The van der Waals surface area contributed by atoms with Crippen molar-refractivity contribution in [3.8, 4) is 0 Å². The van der Waals surface area contributed by atoms with Crippen LogP contribution >= 0.6 is 12.4 Å². The number of nitrogens with two attached hydrogens (primary N) is 1. The van der Waals surface area contributed by atoms with Gasteiger partial charge in [0.1, 0.15) is 0 Å². The highest BCUT2D eigenvalue weighted by molar-refractivity contribution is 7.89. The van der Waals surface area contributed by atoms with Crippen LogP contribution in [0.5, 0.6) is 0 Å². The number of piperidine rings is 1. The lowest BCUT2D eigenvalue weighted by Gasteiger charge is -2.29. The number of hydrogen-bond donors (Lipinski definition) is 1. The molecule has 4 nitrogen and oxygen atoms in total. The summed E-state index contributed by atoms with van der Waals surface area (Å²) in [6, 6.07) is 2.36. The van der Waals surface area contributed by atoms with Crippen molar-refractivity contribution in [1.29, 1.82) is 0 Å². The molecule has 2 N–H and O–H groups in total. The fraction of sp³-hybridized carbons (Fsp3) is 0.455. The molecular formula is C11H15ClF2N2O2S. The molecule has 19 heavy (non-hydrogen) atoms. The topological polar surface area (TPSA) is 63.4 Å². The number of hydrogen-bond acceptors (Lipinski definition) is 3. The van der Waals surface area contributed by atoms with Crippen LogP contribution in [-0.4, -0.2) is 31.9 Å². The van der Waals surface area contributed by atoms with Crippen LogP contribution in [0.25, 0.3) is 0 Å². The maximum atomic E-state index is 13.1. The van der Waals surface area contributed by atoms with Crippen LogP contribution in [0.3, 0.4) is 0 Å². The summed E-state index contributed by atoms with van der Waals surface area (Å²) >= 11 is 0. The van der Waals surface area contributed by atoms with Crippen molar-refractivity contribution in [1.82, 2.24) is 4.31 Å². The van der Waals surface area contributed by atoms with Crippen molar-refractivity contribution in [3.05, 3.63) is 29.8 Å². The molecule has 0 aliphatic carbocycles. The van der Waals surface area contributed by atoms with E-state index in [0.717, 1.165) is 18.6 Å². The average molecular weight is 313 g/mol. The van der Waals surface area contributed by atoms with E-state index in [1.165, 1.54) is 4.31 Å². The average Bonchev–Trinajstić information content (AvgIpc) is 2.32. The van der Waals surface area contributed by atoms with E-state index in [-0.39, 0.29) is 29.9 Å². The van der Waals surface area contributed by atoms with Gasteiger partial charge in [0.05, 0.1) is 4.90 Å². The lowest BCUT2D eigenvalue weighted by molar-refractivity contribution is 0.316. The van der Waals surface area contributed by atoms with Gasteiger partial charge in [-0.3, -0.25) is 0 Å². The van der Waals surface area contributed by atoms with Crippen LogP contribution in [0.4, 0.5) is 8.78 Å². The molecule has 108 valence electrons. The largest absolute Gasteiger partial charge is 0.327 e. The molecule has 1 aliphatic rings. The molecule has 0 saturated carbocycles. The predicted molar refractivity (Wildman–Crippen MR) is 69.6 cm³/mol.